The highest BCUT2D eigenvalue weighted by atomic mass is 32.1. The van der Waals surface area contributed by atoms with Crippen LogP contribution in [0.25, 0.3) is 10.4 Å². The monoisotopic (exact) mass is 1020 g/mol. The van der Waals surface area contributed by atoms with E-state index in [4.69, 9.17) is 31.2 Å². The third kappa shape index (κ3) is 13.6. The third-order valence-electron chi connectivity index (χ3n) is 11.8. The van der Waals surface area contributed by atoms with Crippen LogP contribution in [-0.2, 0) is 46.1 Å². The molecule has 0 unspecified atom stereocenters. The first kappa shape index (κ1) is 54.5. The van der Waals surface area contributed by atoms with E-state index >= 15 is 0 Å². The lowest BCUT2D eigenvalue weighted by Gasteiger charge is -2.35. The van der Waals surface area contributed by atoms with Gasteiger partial charge >= 0.3 is 6.18 Å². The molecule has 3 heterocycles. The number of anilines is 2. The minimum atomic E-state index is -4.68. The van der Waals surface area contributed by atoms with Crippen LogP contribution in [0.2, 0.25) is 0 Å². The van der Waals surface area contributed by atoms with Crippen LogP contribution in [0.3, 0.4) is 0 Å². The number of hydrogen-bond donors (Lipinski definition) is 3. The Bertz CT molecular complexity index is 2550. The Morgan fingerprint density at radius 3 is 2.20 bits per heavy atom. The topological polar surface area (TPSA) is 184 Å². The van der Waals surface area contributed by atoms with Crippen molar-refractivity contribution in [1.82, 2.24) is 20.5 Å². The van der Waals surface area contributed by atoms with Gasteiger partial charge in [0.15, 0.2) is 5.11 Å². The number of thiocarbonyl (C=S) groups is 1. The van der Waals surface area contributed by atoms with Crippen molar-refractivity contribution in [2.45, 2.75) is 84.4 Å². The summed E-state index contributed by atoms with van der Waals surface area (Å²) in [6.45, 7) is 11.8. The van der Waals surface area contributed by atoms with Gasteiger partial charge in [-0.25, -0.2) is 4.98 Å². The highest BCUT2D eigenvalue weighted by Gasteiger charge is 2.51. The zero-order chi connectivity index (χ0) is 51.7. The molecular formula is C50H60F3N7O9S2. The number of benzene rings is 3. The van der Waals surface area contributed by atoms with Crippen LogP contribution in [0.1, 0.15) is 63.4 Å². The maximum absolute atomic E-state index is 13.9. The summed E-state index contributed by atoms with van der Waals surface area (Å²) in [5.74, 6) is -1.37. The zero-order valence-electron chi connectivity index (χ0n) is 40.7. The maximum Gasteiger partial charge on any atom is 0.417 e. The Hall–Kier alpha value is -5.84. The first-order valence-electron chi connectivity index (χ1n) is 22.9. The Morgan fingerprint density at radius 2 is 1.59 bits per heavy atom. The number of aliphatic hydroxyl groups excluding tert-OH is 1. The first-order valence-corrected chi connectivity index (χ1v) is 24.2. The van der Waals surface area contributed by atoms with Crippen molar-refractivity contribution >= 4 is 69.9 Å². The minimum absolute atomic E-state index is 0.00596. The fourth-order valence-corrected chi connectivity index (χ4v) is 9.47. The second-order valence-corrected chi connectivity index (χ2v) is 19.8. The van der Waals surface area contributed by atoms with Gasteiger partial charge in [-0.15, -0.1) is 11.3 Å². The number of halogens is 3. The Balaban J connectivity index is 0.869. The molecule has 6 rings (SSSR count). The minimum Gasteiger partial charge on any atom is -0.491 e. The van der Waals surface area contributed by atoms with Gasteiger partial charge in [-0.05, 0) is 85.9 Å². The number of likely N-dealkylation sites (tertiary alicyclic amines) is 1. The molecule has 2 aliphatic heterocycles. The lowest BCUT2D eigenvalue weighted by molar-refractivity contribution is -0.144. The van der Waals surface area contributed by atoms with Gasteiger partial charge in [0.25, 0.3) is 5.91 Å². The molecule has 0 saturated carbocycles. The average Bonchev–Trinajstić information content (AvgIpc) is 3.98. The Kier molecular flexibility index (Phi) is 18.1. The molecular weight excluding hydrogens is 964 g/mol. The highest BCUT2D eigenvalue weighted by molar-refractivity contribution is 7.81. The molecule has 0 spiro atoms. The first-order chi connectivity index (χ1) is 33.6. The molecule has 0 radical (unpaired) electrons. The number of aryl methyl sites for hydroxylation is 1. The van der Waals surface area contributed by atoms with E-state index in [9.17, 15) is 37.5 Å². The number of amides is 4. The standard InChI is InChI=1S/C50H60F3N7O9S2/c1-31-42(71-30-56-31)33-10-8-32(9-11-33)26-55-44(63)40-25-37(61)28-58(40)45(64)43(48(2,3)4)57-41(62)29-68-21-20-66-18-19-67-22-23-69-38-16-14-35(15-17-38)60-47(70)59(46(65)49(60,5)6)36-13-12-34(27-54-7)39(24-36)50(51,52)53/h8-17,24,27,30,37,40,43,61H,18-23,25-26,28-29H2,1-7H3,(H,55,63)(H,57,62)/t37-,40+,43-/m1/s1. The quantitative estimate of drug-likeness (QED) is 0.0479. The number of ether oxygens (including phenoxy) is 4. The molecule has 2 aliphatic rings. The van der Waals surface area contributed by atoms with E-state index in [0.717, 1.165) is 38.9 Å². The van der Waals surface area contributed by atoms with Crippen molar-refractivity contribution < 1.29 is 56.4 Å². The van der Waals surface area contributed by atoms with Crippen molar-refractivity contribution in [3.63, 3.8) is 0 Å². The second-order valence-electron chi connectivity index (χ2n) is 18.5. The number of aromatic nitrogens is 1. The smallest absolute Gasteiger partial charge is 0.417 e. The number of nitrogens with one attached hydrogen (secondary N) is 2. The summed E-state index contributed by atoms with van der Waals surface area (Å²) in [7, 11) is 1.37. The number of nitrogens with zero attached hydrogens (tertiary/aromatic N) is 5. The van der Waals surface area contributed by atoms with Crippen molar-refractivity contribution in [3.05, 3.63) is 94.6 Å². The van der Waals surface area contributed by atoms with Gasteiger partial charge in [-0.1, -0.05) is 51.1 Å². The van der Waals surface area contributed by atoms with Crippen LogP contribution < -0.4 is 25.2 Å². The van der Waals surface area contributed by atoms with Crippen molar-refractivity contribution in [2.24, 2.45) is 10.4 Å². The summed E-state index contributed by atoms with van der Waals surface area (Å²) in [5.41, 5.74) is 2.19. The van der Waals surface area contributed by atoms with Gasteiger partial charge < -0.3 is 44.5 Å². The SMILES string of the molecule is CN=Cc1ccc(N2C(=O)C(C)(C)N(c3ccc(OCCOCCOCCOCC(=O)N[C@H](C(=O)N4C[C@H](O)C[C@H]4C(=O)NCc4ccc(-c5scnc5C)cc4)C(C)(C)C)cc3)C2=S)cc1C(F)(F)F. The molecule has 2 saturated heterocycles. The molecule has 2 fully saturated rings. The van der Waals surface area contributed by atoms with E-state index in [0.29, 0.717) is 11.4 Å². The number of carbonyl (C=O) groups excluding carboxylic acids is 4. The second kappa shape index (κ2) is 23.6. The summed E-state index contributed by atoms with van der Waals surface area (Å²) in [4.78, 5) is 67.1. The molecule has 16 nitrogen and oxygen atoms in total. The molecule has 3 atom stereocenters. The summed E-state index contributed by atoms with van der Waals surface area (Å²) >= 11 is 7.22. The van der Waals surface area contributed by atoms with Crippen LogP contribution in [-0.4, -0.2) is 134 Å². The van der Waals surface area contributed by atoms with Crippen LogP contribution in [0.5, 0.6) is 5.75 Å². The fraction of sp³-hybridized carbons (Fsp3) is 0.460. The molecule has 4 amide bonds. The molecule has 3 N–H and O–H groups in total. The number of alkyl halides is 3. The maximum atomic E-state index is 13.9. The van der Waals surface area contributed by atoms with E-state index in [1.165, 1.54) is 24.1 Å². The fourth-order valence-electron chi connectivity index (χ4n) is 8.13. The number of thiazole rings is 1. The summed E-state index contributed by atoms with van der Waals surface area (Å²) in [5, 5.41) is 16.2. The number of hydrogen-bond acceptors (Lipinski definition) is 13. The number of aliphatic hydroxyl groups is 1. The van der Waals surface area contributed by atoms with Crippen LogP contribution >= 0.6 is 23.6 Å². The number of aliphatic imine (C=N–C) groups is 1. The van der Waals surface area contributed by atoms with Crippen molar-refractivity contribution in [3.8, 4) is 16.2 Å². The Morgan fingerprint density at radius 1 is 0.958 bits per heavy atom. The molecule has 0 aliphatic carbocycles. The molecule has 0 bridgehead atoms. The van der Waals surface area contributed by atoms with Crippen molar-refractivity contribution in [1.29, 1.82) is 0 Å². The normalized spacial score (nSPS) is 17.6. The average molecular weight is 1020 g/mol. The molecule has 71 heavy (non-hydrogen) atoms. The third-order valence-corrected chi connectivity index (χ3v) is 13.2. The number of rotatable bonds is 21. The predicted octanol–water partition coefficient (Wildman–Crippen LogP) is 6.34. The molecule has 3 aromatic carbocycles. The highest BCUT2D eigenvalue weighted by Crippen LogP contribution is 2.40. The molecule has 382 valence electrons. The largest absolute Gasteiger partial charge is 0.491 e. The zero-order valence-corrected chi connectivity index (χ0v) is 42.3. The van der Waals surface area contributed by atoms with E-state index in [-0.39, 0.29) is 82.1 Å². The Labute approximate surface area is 420 Å². The summed E-state index contributed by atoms with van der Waals surface area (Å²) in [6.07, 6.45) is -4.40. The van der Waals surface area contributed by atoms with Gasteiger partial charge in [0.2, 0.25) is 17.7 Å². The number of β-amino-alcohol motifs (C(OH)–C–C–N with tert-alkyl or cyclic N) is 1. The van der Waals surface area contributed by atoms with E-state index in [1.807, 2.05) is 31.2 Å². The van der Waals surface area contributed by atoms with E-state index in [2.05, 4.69) is 20.6 Å². The molecule has 4 aromatic rings. The number of carbonyl (C=O) groups is 4. The van der Waals surface area contributed by atoms with Crippen molar-refractivity contribution in [2.75, 3.05) is 69.6 Å². The van der Waals surface area contributed by atoms with Gasteiger partial charge in [0, 0.05) is 44.0 Å². The van der Waals surface area contributed by atoms with Gasteiger partial charge in [-0.2, -0.15) is 13.2 Å². The van der Waals surface area contributed by atoms with Gasteiger partial charge in [0.05, 0.1) is 66.5 Å². The van der Waals surface area contributed by atoms with Gasteiger partial charge in [0.1, 0.15) is 36.6 Å². The predicted molar refractivity (Wildman–Crippen MR) is 268 cm³/mol. The molecule has 1 aromatic heterocycles. The summed E-state index contributed by atoms with van der Waals surface area (Å²) in [6, 6.07) is 16.2. The van der Waals surface area contributed by atoms with E-state index < -0.39 is 64.5 Å². The molecule has 21 heteroatoms. The summed E-state index contributed by atoms with van der Waals surface area (Å²) < 4.78 is 64.2. The lowest BCUT2D eigenvalue weighted by atomic mass is 9.85. The van der Waals surface area contributed by atoms with Crippen LogP contribution in [0.4, 0.5) is 24.5 Å². The van der Waals surface area contributed by atoms with Gasteiger partial charge in [-0.3, -0.25) is 29.1 Å². The van der Waals surface area contributed by atoms with Crippen LogP contribution in [0, 0.1) is 12.3 Å². The van der Waals surface area contributed by atoms with E-state index in [1.54, 1.807) is 80.6 Å². The van der Waals surface area contributed by atoms with Crippen LogP contribution in [0.15, 0.2) is 77.2 Å². The lowest BCUT2D eigenvalue weighted by Crippen LogP contribution is -2.58.